The van der Waals surface area contributed by atoms with E-state index in [0.717, 1.165) is 4.90 Å². The van der Waals surface area contributed by atoms with Crippen LogP contribution < -0.4 is 0 Å². The van der Waals surface area contributed by atoms with Crippen LogP contribution in [-0.4, -0.2) is 25.1 Å². The minimum atomic E-state index is -0.182. The Hall–Kier alpha value is -1.00. The van der Waals surface area contributed by atoms with Crippen molar-refractivity contribution in [2.75, 3.05) is 14.2 Å². The van der Waals surface area contributed by atoms with Gasteiger partial charge in [-0.2, -0.15) is 0 Å². The minimum Gasteiger partial charge on any atom is -0.274 e. The van der Waals surface area contributed by atoms with Crippen molar-refractivity contribution in [3.63, 3.8) is 0 Å². The first-order chi connectivity index (χ1) is 6.15. The van der Waals surface area contributed by atoms with Crippen molar-refractivity contribution >= 4 is 18.5 Å². The van der Waals surface area contributed by atoms with Crippen LogP contribution in [-0.2, 0) is 4.84 Å². The molecule has 0 spiro atoms. The molecule has 4 heteroatoms. The molecule has 13 heavy (non-hydrogen) atoms. The number of benzene rings is 1. The fourth-order valence-corrected chi connectivity index (χ4v) is 1.13. The molecule has 0 aromatic heterocycles. The molecule has 0 unspecified atom stereocenters. The van der Waals surface area contributed by atoms with Gasteiger partial charge in [0.15, 0.2) is 0 Å². The summed E-state index contributed by atoms with van der Waals surface area (Å²) in [6.07, 6.45) is 0. The zero-order valence-electron chi connectivity index (χ0n) is 7.52. The maximum absolute atomic E-state index is 11.5. The molecule has 0 N–H and O–H groups in total. The van der Waals surface area contributed by atoms with E-state index in [1.54, 1.807) is 25.2 Å². The van der Waals surface area contributed by atoms with E-state index in [-0.39, 0.29) is 5.91 Å². The van der Waals surface area contributed by atoms with Gasteiger partial charge in [-0.3, -0.25) is 9.63 Å². The maximum Gasteiger partial charge on any atom is 0.277 e. The van der Waals surface area contributed by atoms with Gasteiger partial charge in [0.2, 0.25) is 0 Å². The van der Waals surface area contributed by atoms with Crippen LogP contribution in [0.3, 0.4) is 0 Å². The van der Waals surface area contributed by atoms with Gasteiger partial charge in [-0.15, -0.1) is 12.6 Å². The highest BCUT2D eigenvalue weighted by Gasteiger charge is 2.10. The molecule has 0 aliphatic carbocycles. The summed E-state index contributed by atoms with van der Waals surface area (Å²) in [7, 11) is 3.01. The smallest absolute Gasteiger partial charge is 0.274 e. The Kier molecular flexibility index (Phi) is 3.33. The predicted octanol–water partition coefficient (Wildman–Crippen LogP) is 1.61. The molecule has 0 aliphatic heterocycles. The van der Waals surface area contributed by atoms with Gasteiger partial charge in [0, 0.05) is 17.5 Å². The van der Waals surface area contributed by atoms with Crippen molar-refractivity contribution in [3.8, 4) is 0 Å². The third kappa shape index (κ3) is 2.47. The van der Waals surface area contributed by atoms with E-state index in [9.17, 15) is 4.79 Å². The third-order valence-corrected chi connectivity index (χ3v) is 1.93. The van der Waals surface area contributed by atoms with Gasteiger partial charge in [0.05, 0.1) is 7.11 Å². The Labute approximate surface area is 82.7 Å². The van der Waals surface area contributed by atoms with Crippen molar-refractivity contribution in [3.05, 3.63) is 29.8 Å². The molecule has 0 radical (unpaired) electrons. The van der Waals surface area contributed by atoms with Crippen LogP contribution in [0.5, 0.6) is 0 Å². The molecule has 1 amide bonds. The quantitative estimate of drug-likeness (QED) is 0.576. The molecule has 0 saturated carbocycles. The number of hydrogen-bond donors (Lipinski definition) is 1. The molecule has 70 valence electrons. The Balaban J connectivity index is 2.89. The summed E-state index contributed by atoms with van der Waals surface area (Å²) >= 11 is 4.13. The summed E-state index contributed by atoms with van der Waals surface area (Å²) in [5.41, 5.74) is 0.567. The summed E-state index contributed by atoms with van der Waals surface area (Å²) < 4.78 is 0. The third-order valence-electron chi connectivity index (χ3n) is 1.65. The van der Waals surface area contributed by atoms with Crippen LogP contribution in [0.25, 0.3) is 0 Å². The van der Waals surface area contributed by atoms with Crippen LogP contribution in [0.4, 0.5) is 0 Å². The maximum atomic E-state index is 11.5. The lowest BCUT2D eigenvalue weighted by Crippen LogP contribution is -2.25. The van der Waals surface area contributed by atoms with Crippen LogP contribution in [0.2, 0.25) is 0 Å². The fourth-order valence-electron chi connectivity index (χ4n) is 0.904. The van der Waals surface area contributed by atoms with Gasteiger partial charge in [0.25, 0.3) is 5.91 Å². The summed E-state index contributed by atoms with van der Waals surface area (Å²) in [4.78, 5) is 17.0. The van der Waals surface area contributed by atoms with Gasteiger partial charge in [-0.25, -0.2) is 5.06 Å². The van der Waals surface area contributed by atoms with E-state index in [1.165, 1.54) is 12.2 Å². The fraction of sp³-hybridized carbons (Fsp3) is 0.222. The van der Waals surface area contributed by atoms with Gasteiger partial charge in [-0.1, -0.05) is 6.07 Å². The first kappa shape index (κ1) is 10.1. The van der Waals surface area contributed by atoms with Gasteiger partial charge in [0.1, 0.15) is 0 Å². The van der Waals surface area contributed by atoms with E-state index < -0.39 is 0 Å². The van der Waals surface area contributed by atoms with Crippen LogP contribution >= 0.6 is 12.6 Å². The van der Waals surface area contributed by atoms with E-state index in [0.29, 0.717) is 5.56 Å². The average Bonchev–Trinajstić information content (AvgIpc) is 2.15. The zero-order valence-corrected chi connectivity index (χ0v) is 8.41. The molecule has 1 rings (SSSR count). The lowest BCUT2D eigenvalue weighted by atomic mass is 10.2. The Morgan fingerprint density at radius 3 is 2.77 bits per heavy atom. The number of amides is 1. The second kappa shape index (κ2) is 4.30. The Bertz CT molecular complexity index is 314. The van der Waals surface area contributed by atoms with E-state index in [4.69, 9.17) is 4.84 Å². The Morgan fingerprint density at radius 1 is 1.54 bits per heavy atom. The molecule has 0 heterocycles. The topological polar surface area (TPSA) is 29.5 Å². The summed E-state index contributed by atoms with van der Waals surface area (Å²) in [5, 5.41) is 1.17. The molecule has 0 fully saturated rings. The van der Waals surface area contributed by atoms with Crippen molar-refractivity contribution in [1.29, 1.82) is 0 Å². The number of carbonyl (C=O) groups is 1. The molecule has 0 aliphatic rings. The standard InChI is InChI=1S/C9H11NO2S/c1-10(12-2)9(11)7-4-3-5-8(13)6-7/h3-6,13H,1-2H3. The first-order valence-electron chi connectivity index (χ1n) is 3.76. The molecule has 0 bridgehead atoms. The molecule has 3 nitrogen and oxygen atoms in total. The largest absolute Gasteiger partial charge is 0.277 e. The van der Waals surface area contributed by atoms with Crippen molar-refractivity contribution < 1.29 is 9.63 Å². The molecular formula is C9H11NO2S. The number of hydroxylamine groups is 2. The highest BCUT2D eigenvalue weighted by molar-refractivity contribution is 7.80. The molecule has 1 aromatic rings. The van der Waals surface area contributed by atoms with Crippen molar-refractivity contribution in [2.45, 2.75) is 4.90 Å². The lowest BCUT2D eigenvalue weighted by molar-refractivity contribution is -0.0757. The van der Waals surface area contributed by atoms with E-state index in [2.05, 4.69) is 12.6 Å². The number of carbonyl (C=O) groups excluding carboxylic acids is 1. The van der Waals surface area contributed by atoms with Gasteiger partial charge < -0.3 is 0 Å². The number of thiol groups is 1. The van der Waals surface area contributed by atoms with Crippen LogP contribution in [0, 0.1) is 0 Å². The molecular weight excluding hydrogens is 186 g/mol. The summed E-state index contributed by atoms with van der Waals surface area (Å²) in [6.45, 7) is 0. The highest BCUT2D eigenvalue weighted by atomic mass is 32.1. The van der Waals surface area contributed by atoms with Crippen molar-refractivity contribution in [2.24, 2.45) is 0 Å². The zero-order chi connectivity index (χ0) is 9.84. The van der Waals surface area contributed by atoms with Crippen molar-refractivity contribution in [1.82, 2.24) is 5.06 Å². The average molecular weight is 197 g/mol. The van der Waals surface area contributed by atoms with E-state index in [1.807, 2.05) is 6.07 Å². The SMILES string of the molecule is CON(C)C(=O)c1cccc(S)c1. The predicted molar refractivity (Wildman–Crippen MR) is 52.8 cm³/mol. The van der Waals surface area contributed by atoms with Crippen LogP contribution in [0.1, 0.15) is 10.4 Å². The first-order valence-corrected chi connectivity index (χ1v) is 4.21. The van der Waals surface area contributed by atoms with Gasteiger partial charge in [-0.05, 0) is 18.2 Å². The summed E-state index contributed by atoms with van der Waals surface area (Å²) in [5.74, 6) is -0.182. The molecule has 0 atom stereocenters. The second-order valence-electron chi connectivity index (χ2n) is 2.54. The molecule has 1 aromatic carbocycles. The monoisotopic (exact) mass is 197 g/mol. The van der Waals surface area contributed by atoms with E-state index >= 15 is 0 Å². The summed E-state index contributed by atoms with van der Waals surface area (Å²) in [6, 6.07) is 7.00. The number of nitrogens with zero attached hydrogens (tertiary/aromatic N) is 1. The van der Waals surface area contributed by atoms with Gasteiger partial charge >= 0.3 is 0 Å². The normalized spacial score (nSPS) is 9.77. The highest BCUT2D eigenvalue weighted by Crippen LogP contribution is 2.10. The number of hydrogen-bond acceptors (Lipinski definition) is 3. The van der Waals surface area contributed by atoms with Crippen LogP contribution in [0.15, 0.2) is 29.2 Å². The minimum absolute atomic E-state index is 0.182. The lowest BCUT2D eigenvalue weighted by Gasteiger charge is -2.13. The number of rotatable bonds is 2. The second-order valence-corrected chi connectivity index (χ2v) is 3.05. The Morgan fingerprint density at radius 2 is 2.23 bits per heavy atom. The molecule has 0 saturated heterocycles.